The van der Waals surface area contributed by atoms with Crippen LogP contribution in [0.4, 0.5) is 24.9 Å². The highest BCUT2D eigenvalue weighted by Gasteiger charge is 2.74. The van der Waals surface area contributed by atoms with Crippen molar-refractivity contribution in [3.05, 3.63) is 58.5 Å². The van der Waals surface area contributed by atoms with Gasteiger partial charge in [-0.1, -0.05) is 18.2 Å². The van der Waals surface area contributed by atoms with Gasteiger partial charge in [0.2, 0.25) is 5.95 Å². The molecule has 0 radical (unpaired) electrons. The minimum Gasteiger partial charge on any atom is -0.374 e. The average molecular weight is 469 g/mol. The highest BCUT2D eigenvalue weighted by Crippen LogP contribution is 2.63. The van der Waals surface area contributed by atoms with Crippen molar-refractivity contribution in [2.45, 2.75) is 49.8 Å². The van der Waals surface area contributed by atoms with Gasteiger partial charge in [0.25, 0.3) is 5.56 Å². The number of fused-ring (bicyclic) bond motifs is 2. The molecule has 4 atom stereocenters. The molecule has 5 heterocycles. The monoisotopic (exact) mass is 469 g/mol. The number of hydrogen-bond acceptors (Lipinski definition) is 6. The molecule has 3 aliphatic heterocycles. The molecule has 3 fully saturated rings. The second-order valence-corrected chi connectivity index (χ2v) is 9.69. The molecule has 2 aromatic heterocycles. The van der Waals surface area contributed by atoms with Gasteiger partial charge in [0.05, 0.1) is 23.8 Å². The predicted molar refractivity (Wildman–Crippen MR) is 119 cm³/mol. The number of benzene rings is 1. The Hall–Kier alpha value is -3.14. The van der Waals surface area contributed by atoms with Gasteiger partial charge in [-0.2, -0.15) is 18.2 Å². The van der Waals surface area contributed by atoms with Crippen molar-refractivity contribution in [2.24, 2.45) is 5.92 Å². The Balaban J connectivity index is 1.33. The quantitative estimate of drug-likeness (QED) is 0.588. The highest BCUT2D eigenvalue weighted by atomic mass is 19.4. The van der Waals surface area contributed by atoms with Crippen LogP contribution < -0.4 is 15.4 Å². The van der Waals surface area contributed by atoms with Crippen LogP contribution in [0.2, 0.25) is 0 Å². The van der Waals surface area contributed by atoms with E-state index in [1.165, 1.54) is 15.5 Å². The molecule has 10 heteroatoms. The lowest BCUT2D eigenvalue weighted by atomic mass is 9.95. The largest absolute Gasteiger partial charge is 0.408 e. The standard InChI is InChI=1S/C24H22F3N5O2/c25-24(26,27)18-6-8-30-21(33)9-20(32-12-19-23(32)10-15(23)13-34-19)29-22(30)31(18)11-14-3-1-5-17-16(14)4-2-7-28-17/h1-5,7,9,15,18-19H,6,8,10-13H2/t15-,18-,19+,23?/m0/s1. The number of halogens is 3. The predicted octanol–water partition coefficient (Wildman–Crippen LogP) is 3.11. The van der Waals surface area contributed by atoms with E-state index in [-0.39, 0.29) is 42.7 Å². The first-order valence-corrected chi connectivity index (χ1v) is 11.5. The van der Waals surface area contributed by atoms with Gasteiger partial charge in [0.15, 0.2) is 0 Å². The molecule has 0 amide bonds. The third kappa shape index (κ3) is 2.71. The summed E-state index contributed by atoms with van der Waals surface area (Å²) >= 11 is 0. The van der Waals surface area contributed by atoms with Crippen LogP contribution in [-0.2, 0) is 17.8 Å². The van der Waals surface area contributed by atoms with E-state index < -0.39 is 12.2 Å². The zero-order valence-corrected chi connectivity index (χ0v) is 18.2. The molecule has 34 heavy (non-hydrogen) atoms. The number of alkyl halides is 3. The molecule has 1 saturated carbocycles. The van der Waals surface area contributed by atoms with Gasteiger partial charge in [-0.25, -0.2) is 0 Å². The highest BCUT2D eigenvalue weighted by molar-refractivity contribution is 5.82. The summed E-state index contributed by atoms with van der Waals surface area (Å²) in [5.74, 6) is 0.940. The molecule has 0 bridgehead atoms. The molecule has 1 aliphatic carbocycles. The number of rotatable bonds is 3. The fourth-order valence-electron chi connectivity index (χ4n) is 6.16. The number of aromatic nitrogens is 3. The summed E-state index contributed by atoms with van der Waals surface area (Å²) in [6.45, 7) is 1.27. The van der Waals surface area contributed by atoms with Crippen molar-refractivity contribution < 1.29 is 17.9 Å². The van der Waals surface area contributed by atoms with Crippen LogP contribution in [0.25, 0.3) is 10.9 Å². The molecule has 176 valence electrons. The van der Waals surface area contributed by atoms with Crippen LogP contribution in [-0.4, -0.2) is 51.5 Å². The number of anilines is 2. The van der Waals surface area contributed by atoms with Gasteiger partial charge in [-0.05, 0) is 30.5 Å². The second kappa shape index (κ2) is 6.71. The fourth-order valence-corrected chi connectivity index (χ4v) is 6.16. The SMILES string of the molecule is O=c1cc(N2C[C@H]3OC[C@@H]4CC432)nc2n1CC[C@@H](C(F)(F)F)N2Cc1cccc2ncccc12. The second-order valence-electron chi connectivity index (χ2n) is 9.69. The number of nitrogens with zero attached hydrogens (tertiary/aromatic N) is 5. The Morgan fingerprint density at radius 3 is 2.88 bits per heavy atom. The van der Waals surface area contributed by atoms with Crippen molar-refractivity contribution in [1.29, 1.82) is 0 Å². The molecule has 1 unspecified atom stereocenters. The van der Waals surface area contributed by atoms with Gasteiger partial charge in [0.1, 0.15) is 11.9 Å². The van der Waals surface area contributed by atoms with Crippen molar-refractivity contribution in [3.63, 3.8) is 0 Å². The first-order chi connectivity index (χ1) is 16.4. The van der Waals surface area contributed by atoms with Crippen molar-refractivity contribution >= 4 is 22.7 Å². The molecule has 0 N–H and O–H groups in total. The average Bonchev–Trinajstić information content (AvgIpc) is 3.50. The number of hydrogen-bond donors (Lipinski definition) is 0. The zero-order valence-electron chi connectivity index (χ0n) is 18.2. The fraction of sp³-hybridized carbons (Fsp3) is 0.458. The van der Waals surface area contributed by atoms with E-state index >= 15 is 0 Å². The Morgan fingerprint density at radius 1 is 1.21 bits per heavy atom. The van der Waals surface area contributed by atoms with Crippen molar-refractivity contribution in [3.8, 4) is 0 Å². The van der Waals surface area contributed by atoms with Gasteiger partial charge in [0, 0.05) is 43.2 Å². The Bertz CT molecular complexity index is 1370. The molecular formula is C24H22F3N5O2. The Labute approximate surface area is 192 Å². The number of pyridine rings is 1. The van der Waals surface area contributed by atoms with Crippen LogP contribution in [0.5, 0.6) is 0 Å². The van der Waals surface area contributed by atoms with E-state index in [4.69, 9.17) is 9.72 Å². The third-order valence-electron chi connectivity index (χ3n) is 7.99. The Morgan fingerprint density at radius 2 is 2.09 bits per heavy atom. The minimum atomic E-state index is -4.46. The molecule has 7 rings (SSSR count). The molecule has 1 spiro atoms. The lowest BCUT2D eigenvalue weighted by Crippen LogP contribution is -2.63. The van der Waals surface area contributed by atoms with Gasteiger partial charge >= 0.3 is 6.18 Å². The zero-order chi connectivity index (χ0) is 23.2. The summed E-state index contributed by atoms with van der Waals surface area (Å²) < 4.78 is 49.7. The van der Waals surface area contributed by atoms with E-state index in [0.29, 0.717) is 36.0 Å². The maximum Gasteiger partial charge on any atom is 0.408 e. The maximum atomic E-state index is 14.2. The van der Waals surface area contributed by atoms with Crippen LogP contribution in [0.3, 0.4) is 0 Å². The molecule has 7 nitrogen and oxygen atoms in total. The normalized spacial score (nSPS) is 29.4. The first-order valence-electron chi connectivity index (χ1n) is 11.5. The van der Waals surface area contributed by atoms with E-state index in [2.05, 4.69) is 9.88 Å². The Kier molecular flexibility index (Phi) is 4.00. The summed E-state index contributed by atoms with van der Waals surface area (Å²) in [5.41, 5.74) is 0.984. The van der Waals surface area contributed by atoms with E-state index in [1.54, 1.807) is 18.3 Å². The summed E-state index contributed by atoms with van der Waals surface area (Å²) in [7, 11) is 0. The minimum absolute atomic E-state index is 0.0152. The third-order valence-corrected chi connectivity index (χ3v) is 7.99. The molecule has 4 aliphatic rings. The summed E-state index contributed by atoms with van der Waals surface area (Å²) in [6.07, 6.45) is -1.89. The van der Waals surface area contributed by atoms with Gasteiger partial charge in [-0.3, -0.25) is 14.3 Å². The van der Waals surface area contributed by atoms with Crippen LogP contribution in [0.15, 0.2) is 47.4 Å². The molecular weight excluding hydrogens is 447 g/mol. The van der Waals surface area contributed by atoms with Crippen molar-refractivity contribution in [1.82, 2.24) is 14.5 Å². The molecule has 2 saturated heterocycles. The lowest BCUT2D eigenvalue weighted by Gasteiger charge is -2.48. The first kappa shape index (κ1) is 20.3. The summed E-state index contributed by atoms with van der Waals surface area (Å²) in [4.78, 5) is 25.4. The summed E-state index contributed by atoms with van der Waals surface area (Å²) in [5, 5.41) is 0.787. The van der Waals surface area contributed by atoms with Crippen molar-refractivity contribution in [2.75, 3.05) is 23.0 Å². The molecule has 1 aromatic carbocycles. The van der Waals surface area contributed by atoms with Crippen LogP contribution >= 0.6 is 0 Å². The van der Waals surface area contributed by atoms with Gasteiger partial charge in [-0.15, -0.1) is 0 Å². The number of ether oxygens (including phenoxy) is 1. The van der Waals surface area contributed by atoms with E-state index in [0.717, 1.165) is 11.8 Å². The van der Waals surface area contributed by atoms with E-state index in [9.17, 15) is 18.0 Å². The van der Waals surface area contributed by atoms with Gasteiger partial charge < -0.3 is 14.5 Å². The van der Waals surface area contributed by atoms with Crippen LogP contribution in [0, 0.1) is 5.92 Å². The molecule has 3 aromatic rings. The topological polar surface area (TPSA) is 63.5 Å². The van der Waals surface area contributed by atoms with Crippen LogP contribution in [0.1, 0.15) is 18.4 Å². The van der Waals surface area contributed by atoms with E-state index in [1.807, 2.05) is 18.2 Å². The maximum absolute atomic E-state index is 14.2. The lowest BCUT2D eigenvalue weighted by molar-refractivity contribution is -0.153. The summed E-state index contributed by atoms with van der Waals surface area (Å²) in [6, 6.07) is 8.80. The smallest absolute Gasteiger partial charge is 0.374 e.